The molecule has 1 aromatic heterocycles. The molecule has 1 amide bonds. The highest BCUT2D eigenvalue weighted by molar-refractivity contribution is 7.89. The molecule has 4 rings (SSSR count). The van der Waals surface area contributed by atoms with E-state index in [0.717, 1.165) is 24.0 Å². The minimum absolute atomic E-state index is 0.112. The number of nitrogens with one attached hydrogen (secondary N) is 1. The number of amides is 1. The minimum Gasteiger partial charge on any atom is -0.396 e. The number of aliphatic hydroxyl groups excluding tert-OH is 1. The van der Waals surface area contributed by atoms with Gasteiger partial charge in [-0.2, -0.15) is 4.31 Å². The van der Waals surface area contributed by atoms with Gasteiger partial charge in [0.25, 0.3) is 5.91 Å². The molecule has 3 aromatic rings. The Hall–Kier alpha value is -3.07. The smallest absolute Gasteiger partial charge is 0.255 e. The maximum atomic E-state index is 13.1. The molecule has 2 N–H and O–H groups in total. The number of nitrogens with zero attached hydrogens (tertiary/aromatic N) is 2. The second-order valence-electron chi connectivity index (χ2n) is 8.16. The van der Waals surface area contributed by atoms with Gasteiger partial charge in [0.1, 0.15) is 0 Å². The van der Waals surface area contributed by atoms with Crippen molar-refractivity contribution in [2.75, 3.05) is 25.0 Å². The quantitative estimate of drug-likeness (QED) is 0.553. The summed E-state index contributed by atoms with van der Waals surface area (Å²) in [5, 5.41) is 12.0. The molecular weight excluding hydrogens is 438 g/mol. The summed E-state index contributed by atoms with van der Waals surface area (Å²) >= 11 is 0. The Bertz CT molecular complexity index is 1210. The molecule has 2 aromatic carbocycles. The number of anilines is 1. The average molecular weight is 466 g/mol. The fraction of sp³-hybridized carbons (Fsp3) is 0.280. The van der Waals surface area contributed by atoms with E-state index in [0.29, 0.717) is 31.1 Å². The normalized spacial score (nSPS) is 15.3. The lowest BCUT2D eigenvalue weighted by Gasteiger charge is -2.31. The Morgan fingerprint density at radius 2 is 1.73 bits per heavy atom. The van der Waals surface area contributed by atoms with Crippen molar-refractivity contribution in [1.82, 2.24) is 9.29 Å². The zero-order valence-electron chi connectivity index (χ0n) is 18.2. The van der Waals surface area contributed by atoms with Crippen LogP contribution in [0.1, 0.15) is 29.6 Å². The molecule has 1 aliphatic heterocycles. The van der Waals surface area contributed by atoms with Crippen molar-refractivity contribution in [1.29, 1.82) is 0 Å². The van der Waals surface area contributed by atoms with Gasteiger partial charge in [0.15, 0.2) is 0 Å². The number of aromatic nitrogens is 1. The van der Waals surface area contributed by atoms with E-state index < -0.39 is 10.0 Å². The molecule has 0 bridgehead atoms. The summed E-state index contributed by atoms with van der Waals surface area (Å²) in [6.45, 7) is 0.969. The Balaban J connectivity index is 1.48. The van der Waals surface area contributed by atoms with Gasteiger partial charge in [0.2, 0.25) is 10.0 Å². The van der Waals surface area contributed by atoms with Gasteiger partial charge < -0.3 is 10.4 Å². The molecule has 0 spiro atoms. The highest BCUT2D eigenvalue weighted by Crippen LogP contribution is 2.26. The largest absolute Gasteiger partial charge is 0.396 e. The summed E-state index contributed by atoms with van der Waals surface area (Å²) in [5.41, 5.74) is 2.82. The molecule has 0 saturated carbocycles. The van der Waals surface area contributed by atoms with Crippen LogP contribution in [-0.4, -0.2) is 48.4 Å². The zero-order chi connectivity index (χ0) is 23.3. The minimum atomic E-state index is -3.69. The number of piperidine rings is 1. The van der Waals surface area contributed by atoms with Gasteiger partial charge in [-0.1, -0.05) is 18.2 Å². The number of hydrogen-bond donors (Lipinski definition) is 2. The highest BCUT2D eigenvalue weighted by Gasteiger charge is 2.29. The summed E-state index contributed by atoms with van der Waals surface area (Å²) in [4.78, 5) is 17.0. The second kappa shape index (κ2) is 10.2. The van der Waals surface area contributed by atoms with E-state index in [1.807, 2.05) is 30.3 Å². The lowest BCUT2D eigenvalue weighted by Crippen LogP contribution is -2.38. The number of benzene rings is 2. The van der Waals surface area contributed by atoms with E-state index in [1.54, 1.807) is 30.6 Å². The van der Waals surface area contributed by atoms with Crippen LogP contribution in [0.3, 0.4) is 0 Å². The Kier molecular flexibility index (Phi) is 7.17. The monoisotopic (exact) mass is 465 g/mol. The molecule has 1 fully saturated rings. The van der Waals surface area contributed by atoms with Crippen LogP contribution in [0.4, 0.5) is 5.69 Å². The molecule has 0 aliphatic carbocycles. The first-order chi connectivity index (χ1) is 16.0. The molecule has 1 aliphatic rings. The fourth-order valence-electron chi connectivity index (χ4n) is 4.09. The topological polar surface area (TPSA) is 99.6 Å². The van der Waals surface area contributed by atoms with Gasteiger partial charge in [0, 0.05) is 43.3 Å². The lowest BCUT2D eigenvalue weighted by atomic mass is 9.95. The standard InChI is InChI=1S/C25H27N3O4S/c29-16-11-19-9-14-28(15-10-19)33(31,32)24-6-2-4-22(18-24)25(30)27-23-5-1-3-21(17-23)20-7-12-26-13-8-20/h1-8,12-13,17-19,29H,9-11,14-16H2,(H,27,30). The van der Waals surface area contributed by atoms with Crippen molar-refractivity contribution >= 4 is 21.6 Å². The molecule has 33 heavy (non-hydrogen) atoms. The van der Waals surface area contributed by atoms with Crippen LogP contribution in [0.15, 0.2) is 78.0 Å². The molecule has 0 radical (unpaired) electrons. The third-order valence-corrected chi connectivity index (χ3v) is 7.87. The molecule has 172 valence electrons. The van der Waals surface area contributed by atoms with E-state index in [4.69, 9.17) is 5.11 Å². The van der Waals surface area contributed by atoms with Crippen LogP contribution < -0.4 is 5.32 Å². The highest BCUT2D eigenvalue weighted by atomic mass is 32.2. The van der Waals surface area contributed by atoms with E-state index in [2.05, 4.69) is 10.3 Å². The average Bonchev–Trinajstić information content (AvgIpc) is 2.85. The molecular formula is C25H27N3O4S. The van der Waals surface area contributed by atoms with Gasteiger partial charge in [-0.05, 0) is 78.8 Å². The van der Waals surface area contributed by atoms with Crippen molar-refractivity contribution in [2.45, 2.75) is 24.2 Å². The number of aliphatic hydroxyl groups is 1. The van der Waals surface area contributed by atoms with Crippen LogP contribution in [0.2, 0.25) is 0 Å². The van der Waals surface area contributed by atoms with Crippen molar-refractivity contribution < 1.29 is 18.3 Å². The Morgan fingerprint density at radius 3 is 2.45 bits per heavy atom. The molecule has 2 heterocycles. The molecule has 1 saturated heterocycles. The first kappa shape index (κ1) is 23.1. The van der Waals surface area contributed by atoms with Crippen molar-refractivity contribution in [2.24, 2.45) is 5.92 Å². The molecule has 0 atom stereocenters. The van der Waals surface area contributed by atoms with E-state index >= 15 is 0 Å². The molecule has 7 nitrogen and oxygen atoms in total. The number of rotatable bonds is 7. The SMILES string of the molecule is O=C(Nc1cccc(-c2ccncc2)c1)c1cccc(S(=O)(=O)N2CCC(CCO)CC2)c1. The first-order valence-electron chi connectivity index (χ1n) is 11.0. The van der Waals surface area contributed by atoms with Crippen LogP contribution in [0, 0.1) is 5.92 Å². The van der Waals surface area contributed by atoms with Gasteiger partial charge in [0.05, 0.1) is 4.90 Å². The Labute approximate surface area is 194 Å². The number of carbonyl (C=O) groups is 1. The third-order valence-electron chi connectivity index (χ3n) is 5.98. The lowest BCUT2D eigenvalue weighted by molar-refractivity contribution is 0.102. The summed E-state index contributed by atoms with van der Waals surface area (Å²) < 4.78 is 27.7. The fourth-order valence-corrected chi connectivity index (χ4v) is 5.61. The van der Waals surface area contributed by atoms with E-state index in [-0.39, 0.29) is 23.0 Å². The second-order valence-corrected chi connectivity index (χ2v) is 10.1. The maximum Gasteiger partial charge on any atom is 0.255 e. The van der Waals surface area contributed by atoms with Crippen LogP contribution in [0.5, 0.6) is 0 Å². The van der Waals surface area contributed by atoms with Crippen molar-refractivity contribution in [3.8, 4) is 11.1 Å². The van der Waals surface area contributed by atoms with E-state index in [1.165, 1.54) is 16.4 Å². The van der Waals surface area contributed by atoms with Crippen molar-refractivity contribution in [3.63, 3.8) is 0 Å². The maximum absolute atomic E-state index is 13.1. The Morgan fingerprint density at radius 1 is 1.00 bits per heavy atom. The first-order valence-corrected chi connectivity index (χ1v) is 12.4. The van der Waals surface area contributed by atoms with Crippen LogP contribution in [-0.2, 0) is 10.0 Å². The predicted octanol–water partition coefficient (Wildman–Crippen LogP) is 3.78. The predicted molar refractivity (Wildman–Crippen MR) is 127 cm³/mol. The summed E-state index contributed by atoms with van der Waals surface area (Å²) in [5.74, 6) is -0.0259. The number of sulfonamides is 1. The third kappa shape index (κ3) is 5.47. The molecule has 8 heteroatoms. The van der Waals surface area contributed by atoms with E-state index in [9.17, 15) is 13.2 Å². The van der Waals surface area contributed by atoms with Crippen molar-refractivity contribution in [3.05, 3.63) is 78.6 Å². The number of hydrogen-bond acceptors (Lipinski definition) is 5. The van der Waals surface area contributed by atoms with Crippen LogP contribution >= 0.6 is 0 Å². The number of carbonyl (C=O) groups excluding carboxylic acids is 1. The van der Waals surface area contributed by atoms with Gasteiger partial charge in [-0.25, -0.2) is 8.42 Å². The zero-order valence-corrected chi connectivity index (χ0v) is 19.0. The van der Waals surface area contributed by atoms with Crippen LogP contribution in [0.25, 0.3) is 11.1 Å². The van der Waals surface area contributed by atoms with Gasteiger partial charge in [-0.15, -0.1) is 0 Å². The summed E-state index contributed by atoms with van der Waals surface area (Å²) in [6, 6.07) is 17.4. The summed E-state index contributed by atoms with van der Waals surface area (Å²) in [6.07, 6.45) is 5.58. The number of pyridine rings is 1. The van der Waals surface area contributed by atoms with Gasteiger partial charge >= 0.3 is 0 Å². The molecule has 0 unspecified atom stereocenters. The summed E-state index contributed by atoms with van der Waals surface area (Å²) in [7, 11) is -3.69. The van der Waals surface area contributed by atoms with Gasteiger partial charge in [-0.3, -0.25) is 9.78 Å².